The number of carbonyl (C=O) groups excluding carboxylic acids is 6. The Balaban J connectivity index is 0.000000338. The number of alkyl halides is 3. The van der Waals surface area contributed by atoms with Crippen LogP contribution in [0.15, 0.2) is 97.3 Å². The Hall–Kier alpha value is -10.5. The van der Waals surface area contributed by atoms with Crippen LogP contribution in [-0.2, 0) is 108 Å². The molecule has 0 aliphatic heterocycles. The molecule has 1 aromatic carbocycles. The molecule has 0 atom stereocenters. The zero-order chi connectivity index (χ0) is 74.9. The van der Waals surface area contributed by atoms with E-state index in [-0.39, 0.29) is 140 Å². The number of hydrogen-bond donors (Lipinski definition) is 1. The smallest absolute Gasteiger partial charge is 0.394 e. The summed E-state index contributed by atoms with van der Waals surface area (Å²) >= 11 is 8.63. The average Bonchev–Trinajstić information content (AvgIpc) is 1.59. The van der Waals surface area contributed by atoms with E-state index < -0.39 is 36.5 Å². The van der Waals surface area contributed by atoms with Crippen molar-refractivity contribution in [3.63, 3.8) is 0 Å². The minimum Gasteiger partial charge on any atom is -0.394 e. The van der Waals surface area contributed by atoms with Crippen LogP contribution in [0, 0.1) is 72.1 Å². The molecular weight excluding hydrogens is 1560 g/mol. The Morgan fingerprint density at radius 3 is 1.18 bits per heavy atom. The number of nitro groups is 4. The third-order valence-corrected chi connectivity index (χ3v) is 15.9. The van der Waals surface area contributed by atoms with E-state index in [4.69, 9.17) is 22.1 Å². The van der Waals surface area contributed by atoms with Gasteiger partial charge in [0.2, 0.25) is 4.69 Å². The molecule has 101 heavy (non-hydrogen) atoms. The molecule has 0 saturated heterocycles. The van der Waals surface area contributed by atoms with Gasteiger partial charge in [-0.05, 0) is 54.7 Å². The highest BCUT2D eigenvalue weighted by Gasteiger charge is 2.22. The van der Waals surface area contributed by atoms with Gasteiger partial charge in [-0.1, -0.05) is 85.1 Å². The van der Waals surface area contributed by atoms with E-state index in [1.165, 1.54) is 94.0 Å². The summed E-state index contributed by atoms with van der Waals surface area (Å²) in [5, 5.41) is 75.2. The van der Waals surface area contributed by atoms with E-state index in [2.05, 4.69) is 111 Å². The van der Waals surface area contributed by atoms with Gasteiger partial charge in [0.15, 0.2) is 23.1 Å². The standard InChI is InChI=1S/C18H20N6O6S.C11H13FN6O3.C11H14N6O4.C9H9N3O3.C6H7BrO.C2H2Br2O/c1-14-2-6-17(7-3-14)31(28,29)30-11-10-23-12-15(20-21-23)4-5-16(25)13-22-9-8-19-18(22)24(26)27;12-3-5-17-7-9(14-15-17)1-2-10(19)8-16-6-4-13-11(16)18(20)21;18-6-5-16-7-9(13-14-16)1-2-10(19)8-15-4-3-12-11(15)17(20)21;1-2-3-4-8(13)7-11-6-5-10-9(11)12(14)15;1-2-3-4-6(8)5-7;3-1-2(4)5/h2-3,6-9,12H,4-5,10-11,13H2,1H3;4,6-7H,1-3,5,8H2;3-4,7,18H,1-2,5-6,8H2;1,5-6H,3-4,7H2;1H,3-5H2;1H2. The maximum absolute atomic E-state index is 12.2. The van der Waals surface area contributed by atoms with Crippen molar-refractivity contribution in [1.29, 1.82) is 0 Å². The number of rotatable bonds is 36. The molecule has 39 nitrogen and oxygen atoms in total. The number of halogens is 4. The number of terminal acetylenes is 2. The summed E-state index contributed by atoms with van der Waals surface area (Å²) in [5.74, 6) is 2.76. The van der Waals surface area contributed by atoms with Crippen molar-refractivity contribution in [2.24, 2.45) is 0 Å². The van der Waals surface area contributed by atoms with Gasteiger partial charge in [0, 0.05) is 82.8 Å². The first-order chi connectivity index (χ1) is 48.2. The lowest BCUT2D eigenvalue weighted by Gasteiger charge is -2.05. The third kappa shape index (κ3) is 32.8. The number of aliphatic hydroxyl groups is 1. The molecule has 0 amide bonds. The quantitative estimate of drug-likeness (QED) is 0.0137. The number of aryl methyl sites for hydroxylation is 5. The molecule has 0 aliphatic rings. The summed E-state index contributed by atoms with van der Waals surface area (Å²) in [6, 6.07) is 6.33. The van der Waals surface area contributed by atoms with Gasteiger partial charge < -0.3 is 45.6 Å². The Kier molecular flexibility index (Phi) is 38.5. The second-order valence-corrected chi connectivity index (χ2v) is 23.7. The SMILES string of the molecule is C#CCCC(=O)CBr.C#CCCC(=O)Cn1ccnc1[N+](=O)[O-].Cc1ccc(S(=O)(=O)OCCn2cc(CCC(=O)Cn3ccnc3[N+](=O)[O-])nn2)cc1.O=C(Br)CBr.O=C(CCc1cn(CCF)nn1)Cn1ccnc1[N+](=O)[O-].O=C(CCc1cn(CCO)nn1)Cn1ccnc1[N+](=O)[O-]. The van der Waals surface area contributed by atoms with Gasteiger partial charge in [0.25, 0.3) is 10.1 Å². The minimum atomic E-state index is -3.86. The van der Waals surface area contributed by atoms with E-state index in [0.29, 0.717) is 72.8 Å². The van der Waals surface area contributed by atoms with Gasteiger partial charge in [0.05, 0.1) is 65.5 Å². The Labute approximate surface area is 598 Å². The summed E-state index contributed by atoms with van der Waals surface area (Å²) < 4.78 is 50.5. The van der Waals surface area contributed by atoms with Crippen molar-refractivity contribution >= 4 is 115 Å². The highest BCUT2D eigenvalue weighted by atomic mass is 79.9. The molecule has 0 radical (unpaired) electrons. The monoisotopic (exact) mass is 1620 g/mol. The maximum atomic E-state index is 12.2. The lowest BCUT2D eigenvalue weighted by atomic mass is 10.2. The van der Waals surface area contributed by atoms with Gasteiger partial charge in [0.1, 0.15) is 88.2 Å². The van der Waals surface area contributed by atoms with Gasteiger partial charge >= 0.3 is 23.8 Å². The van der Waals surface area contributed by atoms with E-state index in [0.717, 1.165) is 5.56 Å². The van der Waals surface area contributed by atoms with Crippen LogP contribution in [0.25, 0.3) is 0 Å². The first-order valence-corrected chi connectivity index (χ1v) is 33.8. The van der Waals surface area contributed by atoms with E-state index in [1.807, 2.05) is 6.92 Å². The molecule has 44 heteroatoms. The van der Waals surface area contributed by atoms with Crippen LogP contribution in [0.2, 0.25) is 0 Å². The zero-order valence-electron chi connectivity index (χ0n) is 53.6. The molecule has 8 rings (SSSR count). The number of benzene rings is 1. The summed E-state index contributed by atoms with van der Waals surface area (Å²) in [7, 11) is -3.86. The van der Waals surface area contributed by atoms with E-state index in [9.17, 15) is 82.0 Å². The summed E-state index contributed by atoms with van der Waals surface area (Å²) in [4.78, 5) is 122. The maximum Gasteiger partial charge on any atom is 0.434 e. The molecule has 0 saturated carbocycles. The van der Waals surface area contributed by atoms with Gasteiger partial charge in [-0.25, -0.2) is 36.7 Å². The van der Waals surface area contributed by atoms with Crippen molar-refractivity contribution < 1.29 is 70.6 Å². The van der Waals surface area contributed by atoms with E-state index >= 15 is 0 Å². The van der Waals surface area contributed by atoms with Crippen molar-refractivity contribution in [1.82, 2.24) is 83.2 Å². The Morgan fingerprint density at radius 2 is 0.871 bits per heavy atom. The van der Waals surface area contributed by atoms with Gasteiger partial charge in [-0.2, -0.15) is 8.42 Å². The second-order valence-electron chi connectivity index (χ2n) is 20.1. The van der Waals surface area contributed by atoms with Crippen molar-refractivity contribution in [3.8, 4) is 24.7 Å². The number of aromatic nitrogens is 17. The summed E-state index contributed by atoms with van der Waals surface area (Å²) in [6.45, 7) is 1.37. The molecule has 0 spiro atoms. The van der Waals surface area contributed by atoms with Crippen molar-refractivity contribution in [2.45, 2.75) is 122 Å². The Morgan fingerprint density at radius 1 is 0.545 bits per heavy atom. The minimum absolute atomic E-state index is 0.0162. The molecular formula is C57H65Br3FN21O18S. The molecule has 8 aromatic rings. The number of ketones is 5. The fourth-order valence-electron chi connectivity index (χ4n) is 7.65. The molecule has 0 bridgehead atoms. The fourth-order valence-corrected chi connectivity index (χ4v) is 8.83. The number of carbonyl (C=O) groups is 6. The molecule has 540 valence electrons. The van der Waals surface area contributed by atoms with Crippen LogP contribution >= 0.6 is 47.8 Å². The molecule has 7 heterocycles. The first-order valence-electron chi connectivity index (χ1n) is 29.3. The van der Waals surface area contributed by atoms with Crippen LogP contribution < -0.4 is 0 Å². The number of hydrogen-bond acceptors (Lipinski definition) is 28. The first kappa shape index (κ1) is 84.7. The number of imidazole rings is 4. The molecule has 7 aromatic heterocycles. The lowest BCUT2D eigenvalue weighted by Crippen LogP contribution is -2.13. The molecule has 1 N–H and O–H groups in total. The van der Waals surface area contributed by atoms with Crippen molar-refractivity contribution in [3.05, 3.63) is 156 Å². The van der Waals surface area contributed by atoms with Crippen LogP contribution in [0.5, 0.6) is 0 Å². The fraction of sp³-hybridized carbons (Fsp3) is 0.404. The Bertz CT molecular complexity index is 4120. The highest BCUT2D eigenvalue weighted by Crippen LogP contribution is 2.16. The summed E-state index contributed by atoms with van der Waals surface area (Å²) in [6.07, 6.45) is 28.6. The van der Waals surface area contributed by atoms with Crippen molar-refractivity contribution in [2.75, 3.05) is 30.5 Å². The topological polar surface area (TPSA) is 502 Å². The second kappa shape index (κ2) is 45.9. The third-order valence-electron chi connectivity index (χ3n) is 12.4. The number of aliphatic hydroxyl groups excluding tert-OH is 1. The average molecular weight is 1620 g/mol. The lowest BCUT2D eigenvalue weighted by molar-refractivity contribution is -0.396. The number of nitrogens with zero attached hydrogens (tertiary/aromatic N) is 21. The summed E-state index contributed by atoms with van der Waals surface area (Å²) in [5.41, 5.74) is 2.69. The van der Waals surface area contributed by atoms with Gasteiger partial charge in [-0.15, -0.1) is 40.0 Å². The van der Waals surface area contributed by atoms with Crippen LogP contribution in [0.3, 0.4) is 0 Å². The largest absolute Gasteiger partial charge is 0.434 e. The zero-order valence-corrected chi connectivity index (χ0v) is 59.1. The molecule has 0 fully saturated rings. The van der Waals surface area contributed by atoms with Crippen LogP contribution in [-0.4, -0.2) is 181 Å². The predicted molar refractivity (Wildman–Crippen MR) is 361 cm³/mol. The van der Waals surface area contributed by atoms with Crippen LogP contribution in [0.4, 0.5) is 28.2 Å². The van der Waals surface area contributed by atoms with Crippen LogP contribution in [0.1, 0.15) is 67.6 Å². The van der Waals surface area contributed by atoms with E-state index in [1.54, 1.807) is 30.7 Å². The predicted octanol–water partition coefficient (Wildman–Crippen LogP) is 4.87. The van der Waals surface area contributed by atoms with Gasteiger partial charge in [-0.3, -0.25) is 33.0 Å². The normalized spacial score (nSPS) is 10.4. The molecule has 0 aliphatic carbocycles. The highest BCUT2D eigenvalue weighted by molar-refractivity contribution is 9.19. The molecule has 0 unspecified atom stereocenters. The number of Topliss-reactive ketones (excluding diaryl/α,β-unsaturated/α-hetero) is 5.